The Morgan fingerprint density at radius 1 is 1.62 bits per heavy atom. The second-order valence-corrected chi connectivity index (χ2v) is 3.05. The topological polar surface area (TPSA) is 117 Å². The van der Waals surface area contributed by atoms with Gasteiger partial charge in [0.2, 0.25) is 5.89 Å². The molecule has 1 rings (SSSR count). The maximum atomic E-state index is 11.1. The fourth-order valence-corrected chi connectivity index (χ4v) is 0.899. The summed E-state index contributed by atoms with van der Waals surface area (Å²) in [5.74, 6) is -0.682. The van der Waals surface area contributed by atoms with Crippen molar-refractivity contribution in [1.29, 1.82) is 0 Å². The summed E-state index contributed by atoms with van der Waals surface area (Å²) in [6.45, 7) is 1.67. The zero-order valence-corrected chi connectivity index (χ0v) is 8.64. The van der Waals surface area contributed by atoms with Crippen molar-refractivity contribution in [3.8, 4) is 0 Å². The third-order valence-corrected chi connectivity index (χ3v) is 1.75. The molecular weight excluding hydrogens is 216 g/mol. The summed E-state index contributed by atoms with van der Waals surface area (Å²) in [6.07, 6.45) is 1.66. The molecule has 0 fully saturated rings. The van der Waals surface area contributed by atoms with Crippen LogP contribution in [0.4, 0.5) is 4.79 Å². The van der Waals surface area contributed by atoms with Gasteiger partial charge in [-0.05, 0) is 6.92 Å². The number of carbonyl (C=O) groups is 2. The van der Waals surface area contributed by atoms with Gasteiger partial charge in [-0.2, -0.15) is 4.98 Å². The summed E-state index contributed by atoms with van der Waals surface area (Å²) in [5.41, 5.74) is 0. The smallest absolute Gasteiger partial charge is 0.325 e. The first-order valence-corrected chi connectivity index (χ1v) is 4.62. The van der Waals surface area contributed by atoms with E-state index in [0.717, 1.165) is 0 Å². The minimum atomic E-state index is -1.09. The molecule has 3 N–H and O–H groups in total. The highest BCUT2D eigenvalue weighted by molar-refractivity contribution is 5.82. The van der Waals surface area contributed by atoms with Gasteiger partial charge in [-0.1, -0.05) is 5.16 Å². The summed E-state index contributed by atoms with van der Waals surface area (Å²) >= 11 is 0. The third-order valence-electron chi connectivity index (χ3n) is 1.75. The van der Waals surface area contributed by atoms with E-state index in [0.29, 0.717) is 18.9 Å². The lowest BCUT2D eigenvalue weighted by Gasteiger charge is -2.09. The van der Waals surface area contributed by atoms with Gasteiger partial charge in [0.15, 0.2) is 6.33 Å². The van der Waals surface area contributed by atoms with Crippen LogP contribution in [0, 0.1) is 0 Å². The number of carboxylic acid groups (broad SMARTS) is 1. The number of rotatable bonds is 5. The molecule has 2 amide bonds. The number of nitrogens with one attached hydrogen (secondary N) is 2. The number of amides is 2. The Hall–Kier alpha value is -2.12. The van der Waals surface area contributed by atoms with Gasteiger partial charge in [0.25, 0.3) is 0 Å². The second-order valence-electron chi connectivity index (χ2n) is 3.05. The molecule has 0 spiro atoms. The highest BCUT2D eigenvalue weighted by Crippen LogP contribution is 1.90. The van der Waals surface area contributed by atoms with Crippen LogP contribution in [-0.2, 0) is 11.2 Å². The Kier molecular flexibility index (Phi) is 4.25. The average Bonchev–Trinajstić information content (AvgIpc) is 2.70. The SMILES string of the molecule is C[C@H](NC(=O)NCCc1ncno1)C(=O)O. The lowest BCUT2D eigenvalue weighted by Crippen LogP contribution is -2.44. The van der Waals surface area contributed by atoms with Crippen molar-refractivity contribution in [3.05, 3.63) is 12.2 Å². The molecule has 8 heteroatoms. The molecule has 0 aliphatic carbocycles. The molecule has 0 aliphatic rings. The normalized spacial score (nSPS) is 11.8. The van der Waals surface area contributed by atoms with Crippen LogP contribution in [-0.4, -0.2) is 39.8 Å². The molecule has 0 aliphatic heterocycles. The molecule has 88 valence electrons. The Morgan fingerprint density at radius 3 is 2.94 bits per heavy atom. The molecular formula is C8H12N4O4. The maximum absolute atomic E-state index is 11.1. The number of nitrogens with zero attached hydrogens (tertiary/aromatic N) is 2. The van der Waals surface area contributed by atoms with Crippen LogP contribution in [0.5, 0.6) is 0 Å². The van der Waals surface area contributed by atoms with Crippen LogP contribution >= 0.6 is 0 Å². The fourth-order valence-electron chi connectivity index (χ4n) is 0.899. The van der Waals surface area contributed by atoms with E-state index in [-0.39, 0.29) is 0 Å². The predicted molar refractivity (Wildman–Crippen MR) is 51.6 cm³/mol. The van der Waals surface area contributed by atoms with Crippen molar-refractivity contribution in [2.45, 2.75) is 19.4 Å². The lowest BCUT2D eigenvalue weighted by molar-refractivity contribution is -0.138. The molecule has 1 atom stereocenters. The van der Waals surface area contributed by atoms with Gasteiger partial charge >= 0.3 is 12.0 Å². The summed E-state index contributed by atoms with van der Waals surface area (Å²) in [4.78, 5) is 25.3. The summed E-state index contributed by atoms with van der Waals surface area (Å²) in [6, 6.07) is -1.47. The third kappa shape index (κ3) is 3.95. The summed E-state index contributed by atoms with van der Waals surface area (Å²) in [7, 11) is 0. The highest BCUT2D eigenvalue weighted by Gasteiger charge is 2.13. The molecule has 0 unspecified atom stereocenters. The van der Waals surface area contributed by atoms with E-state index in [1.165, 1.54) is 13.3 Å². The molecule has 1 heterocycles. The molecule has 1 aromatic rings. The maximum Gasteiger partial charge on any atom is 0.325 e. The minimum Gasteiger partial charge on any atom is -0.480 e. The molecule has 16 heavy (non-hydrogen) atoms. The van der Waals surface area contributed by atoms with Crippen LogP contribution in [0.2, 0.25) is 0 Å². The van der Waals surface area contributed by atoms with Gasteiger partial charge in [-0.3, -0.25) is 4.79 Å². The number of carboxylic acids is 1. The number of hydrogen-bond acceptors (Lipinski definition) is 5. The van der Waals surface area contributed by atoms with Crippen molar-refractivity contribution >= 4 is 12.0 Å². The summed E-state index contributed by atoms with van der Waals surface area (Å²) < 4.78 is 4.71. The molecule has 0 bridgehead atoms. The monoisotopic (exact) mass is 228 g/mol. The van der Waals surface area contributed by atoms with Gasteiger partial charge in [-0.25, -0.2) is 4.79 Å². The predicted octanol–water partition coefficient (Wildman–Crippen LogP) is -0.616. The van der Waals surface area contributed by atoms with Crippen LogP contribution < -0.4 is 10.6 Å². The van der Waals surface area contributed by atoms with E-state index in [4.69, 9.17) is 9.63 Å². The van der Waals surface area contributed by atoms with E-state index in [1.807, 2.05) is 0 Å². The van der Waals surface area contributed by atoms with E-state index in [1.54, 1.807) is 0 Å². The number of carbonyl (C=O) groups excluding carboxylic acids is 1. The fraction of sp³-hybridized carbons (Fsp3) is 0.500. The minimum absolute atomic E-state index is 0.292. The average molecular weight is 228 g/mol. The zero-order chi connectivity index (χ0) is 12.0. The molecule has 0 saturated carbocycles. The van der Waals surface area contributed by atoms with Crippen molar-refractivity contribution in [2.24, 2.45) is 0 Å². The molecule has 8 nitrogen and oxygen atoms in total. The zero-order valence-electron chi connectivity index (χ0n) is 8.64. The van der Waals surface area contributed by atoms with Crippen molar-refractivity contribution in [1.82, 2.24) is 20.8 Å². The summed E-state index contributed by atoms with van der Waals surface area (Å²) in [5, 5.41) is 16.6. The second kappa shape index (κ2) is 5.69. The van der Waals surface area contributed by atoms with E-state index in [9.17, 15) is 9.59 Å². The van der Waals surface area contributed by atoms with Gasteiger partial charge in [0.05, 0.1) is 0 Å². The van der Waals surface area contributed by atoms with Crippen molar-refractivity contribution in [3.63, 3.8) is 0 Å². The highest BCUT2D eigenvalue weighted by atomic mass is 16.5. The Morgan fingerprint density at radius 2 is 2.38 bits per heavy atom. The molecule has 0 saturated heterocycles. The first-order valence-electron chi connectivity index (χ1n) is 4.62. The first kappa shape index (κ1) is 12.0. The molecule has 0 radical (unpaired) electrons. The quantitative estimate of drug-likeness (QED) is 0.618. The van der Waals surface area contributed by atoms with E-state index < -0.39 is 18.0 Å². The Bertz CT molecular complexity index is 351. The van der Waals surface area contributed by atoms with Gasteiger partial charge in [0.1, 0.15) is 6.04 Å². The van der Waals surface area contributed by atoms with Crippen LogP contribution in [0.15, 0.2) is 10.9 Å². The number of urea groups is 1. The van der Waals surface area contributed by atoms with Crippen molar-refractivity contribution < 1.29 is 19.2 Å². The van der Waals surface area contributed by atoms with Gasteiger partial charge < -0.3 is 20.3 Å². The number of hydrogen-bond donors (Lipinski definition) is 3. The van der Waals surface area contributed by atoms with Crippen LogP contribution in [0.3, 0.4) is 0 Å². The van der Waals surface area contributed by atoms with Gasteiger partial charge in [-0.15, -0.1) is 0 Å². The van der Waals surface area contributed by atoms with E-state index >= 15 is 0 Å². The first-order chi connectivity index (χ1) is 7.59. The Labute approximate surface area is 91.0 Å². The lowest BCUT2D eigenvalue weighted by atomic mass is 10.3. The number of aromatic nitrogens is 2. The van der Waals surface area contributed by atoms with Crippen molar-refractivity contribution in [2.75, 3.05) is 6.54 Å². The van der Waals surface area contributed by atoms with Crippen LogP contribution in [0.25, 0.3) is 0 Å². The number of aliphatic carboxylic acids is 1. The van der Waals surface area contributed by atoms with Gasteiger partial charge in [0, 0.05) is 13.0 Å². The van der Waals surface area contributed by atoms with E-state index in [2.05, 4.69) is 20.8 Å². The standard InChI is InChI=1S/C8H12N4O4/c1-5(7(13)14)12-8(15)9-3-2-6-10-4-11-16-6/h4-5H,2-3H2,1H3,(H,13,14)(H2,9,12,15)/t5-/m0/s1. The molecule has 1 aromatic heterocycles. The largest absolute Gasteiger partial charge is 0.480 e. The van der Waals surface area contributed by atoms with Crippen LogP contribution in [0.1, 0.15) is 12.8 Å². The molecule has 0 aromatic carbocycles. The Balaban J connectivity index is 2.18.